The number of amides is 1. The molecule has 1 aromatic carbocycles. The molecule has 0 atom stereocenters. The lowest BCUT2D eigenvalue weighted by Gasteiger charge is -2.16. The van der Waals surface area contributed by atoms with Crippen molar-refractivity contribution in [2.75, 3.05) is 5.32 Å². The van der Waals surface area contributed by atoms with E-state index >= 15 is 0 Å². The lowest BCUT2D eigenvalue weighted by atomic mass is 9.96. The number of fused-ring (bicyclic) bond motifs is 1. The molecule has 1 amide bonds. The van der Waals surface area contributed by atoms with Crippen LogP contribution in [-0.2, 0) is 12.5 Å². The van der Waals surface area contributed by atoms with Gasteiger partial charge in [0.2, 0.25) is 0 Å². The Morgan fingerprint density at radius 3 is 2.43 bits per heavy atom. The third-order valence-electron chi connectivity index (χ3n) is 3.72. The zero-order valence-corrected chi connectivity index (χ0v) is 13.8. The first-order valence-electron chi connectivity index (χ1n) is 7.54. The molecule has 3 rings (SSSR count). The maximum absolute atomic E-state index is 12.5. The third kappa shape index (κ3) is 2.95. The number of para-hydroxylation sites is 1. The molecule has 0 fully saturated rings. The molecule has 0 unspecified atom stereocenters. The van der Waals surface area contributed by atoms with E-state index in [0.717, 1.165) is 16.7 Å². The number of carbonyl (C=O) groups excluding carboxylic acids is 1. The van der Waals surface area contributed by atoms with Crippen molar-refractivity contribution < 1.29 is 4.79 Å². The number of aryl methyl sites for hydroxylation is 1. The van der Waals surface area contributed by atoms with Crippen LogP contribution in [0, 0.1) is 0 Å². The molecule has 0 aliphatic rings. The largest absolute Gasteiger partial charge is 0.350 e. The van der Waals surface area contributed by atoms with Crippen molar-refractivity contribution in [1.82, 2.24) is 14.5 Å². The normalized spacial score (nSPS) is 11.7. The van der Waals surface area contributed by atoms with Gasteiger partial charge in [-0.1, -0.05) is 39.0 Å². The zero-order valence-electron chi connectivity index (χ0n) is 13.8. The number of hydrogen-bond acceptors (Lipinski definition) is 3. The second kappa shape index (κ2) is 5.50. The van der Waals surface area contributed by atoms with E-state index in [1.165, 1.54) is 0 Å². The molecule has 2 aromatic heterocycles. The van der Waals surface area contributed by atoms with Gasteiger partial charge in [-0.25, -0.2) is 9.97 Å². The van der Waals surface area contributed by atoms with E-state index in [1.54, 1.807) is 12.4 Å². The molecule has 118 valence electrons. The number of rotatable bonds is 2. The summed E-state index contributed by atoms with van der Waals surface area (Å²) in [4.78, 5) is 21.2. The van der Waals surface area contributed by atoms with Crippen LogP contribution in [0.4, 0.5) is 5.69 Å². The summed E-state index contributed by atoms with van der Waals surface area (Å²) in [6.07, 6.45) is 5.14. The molecule has 0 aliphatic carbocycles. The SMILES string of the molecule is Cn1cc(C(=O)Nc2cnc(C(C)(C)C)nc2)c2ccccc21. The van der Waals surface area contributed by atoms with Crippen molar-refractivity contribution in [2.24, 2.45) is 7.05 Å². The van der Waals surface area contributed by atoms with Gasteiger partial charge in [0, 0.05) is 29.6 Å². The zero-order chi connectivity index (χ0) is 16.6. The first kappa shape index (κ1) is 15.2. The average molecular weight is 308 g/mol. The number of benzene rings is 1. The van der Waals surface area contributed by atoms with Crippen LogP contribution in [0.5, 0.6) is 0 Å². The van der Waals surface area contributed by atoms with Gasteiger partial charge in [-0.05, 0) is 6.07 Å². The molecule has 0 saturated heterocycles. The Hall–Kier alpha value is -2.69. The van der Waals surface area contributed by atoms with E-state index in [1.807, 2.05) is 42.1 Å². The number of hydrogen-bond donors (Lipinski definition) is 1. The number of aromatic nitrogens is 3. The first-order valence-corrected chi connectivity index (χ1v) is 7.54. The molecule has 5 heteroatoms. The number of nitrogens with one attached hydrogen (secondary N) is 1. The second-order valence-electron chi connectivity index (χ2n) is 6.67. The van der Waals surface area contributed by atoms with Crippen molar-refractivity contribution in [3.05, 3.63) is 54.2 Å². The molecule has 0 radical (unpaired) electrons. The molecule has 0 bridgehead atoms. The van der Waals surface area contributed by atoms with Gasteiger partial charge >= 0.3 is 0 Å². The van der Waals surface area contributed by atoms with Crippen molar-refractivity contribution in [2.45, 2.75) is 26.2 Å². The summed E-state index contributed by atoms with van der Waals surface area (Å²) in [5.41, 5.74) is 2.15. The molecule has 1 N–H and O–H groups in total. The van der Waals surface area contributed by atoms with Gasteiger partial charge in [-0.3, -0.25) is 4.79 Å². The summed E-state index contributed by atoms with van der Waals surface area (Å²) in [6.45, 7) is 6.16. The molecule has 0 aliphatic heterocycles. The van der Waals surface area contributed by atoms with Gasteiger partial charge < -0.3 is 9.88 Å². The van der Waals surface area contributed by atoms with Gasteiger partial charge in [-0.2, -0.15) is 0 Å². The Morgan fingerprint density at radius 1 is 1.13 bits per heavy atom. The maximum atomic E-state index is 12.5. The van der Waals surface area contributed by atoms with Crippen LogP contribution in [0.2, 0.25) is 0 Å². The van der Waals surface area contributed by atoms with Crippen LogP contribution < -0.4 is 5.32 Å². The lowest BCUT2D eigenvalue weighted by molar-refractivity contribution is 0.102. The Balaban J connectivity index is 1.86. The van der Waals surface area contributed by atoms with Crippen LogP contribution in [0.1, 0.15) is 37.0 Å². The number of carbonyl (C=O) groups is 1. The Kier molecular flexibility index (Phi) is 3.64. The predicted octanol–water partition coefficient (Wildman–Crippen LogP) is 3.52. The highest BCUT2D eigenvalue weighted by atomic mass is 16.1. The fourth-order valence-corrected chi connectivity index (χ4v) is 2.50. The summed E-state index contributed by atoms with van der Waals surface area (Å²) < 4.78 is 1.95. The Bertz CT molecular complexity index is 857. The van der Waals surface area contributed by atoms with Crippen LogP contribution in [0.25, 0.3) is 10.9 Å². The third-order valence-corrected chi connectivity index (χ3v) is 3.72. The summed E-state index contributed by atoms with van der Waals surface area (Å²) in [6, 6.07) is 7.83. The Labute approximate surface area is 135 Å². The summed E-state index contributed by atoms with van der Waals surface area (Å²) in [5, 5.41) is 3.80. The first-order chi connectivity index (χ1) is 10.9. The van der Waals surface area contributed by atoms with E-state index in [-0.39, 0.29) is 11.3 Å². The van der Waals surface area contributed by atoms with Crippen molar-refractivity contribution in [1.29, 1.82) is 0 Å². The monoisotopic (exact) mass is 308 g/mol. The number of nitrogens with zero attached hydrogens (tertiary/aromatic N) is 3. The van der Waals surface area contributed by atoms with E-state index < -0.39 is 0 Å². The van der Waals surface area contributed by atoms with Crippen LogP contribution >= 0.6 is 0 Å². The lowest BCUT2D eigenvalue weighted by Crippen LogP contribution is -2.17. The molecular weight excluding hydrogens is 288 g/mol. The van der Waals surface area contributed by atoms with Crippen molar-refractivity contribution >= 4 is 22.5 Å². The van der Waals surface area contributed by atoms with Gasteiger partial charge in [0.1, 0.15) is 5.82 Å². The van der Waals surface area contributed by atoms with E-state index in [9.17, 15) is 4.79 Å². The van der Waals surface area contributed by atoms with E-state index in [4.69, 9.17) is 0 Å². The molecule has 23 heavy (non-hydrogen) atoms. The fourth-order valence-electron chi connectivity index (χ4n) is 2.50. The fraction of sp³-hybridized carbons (Fsp3) is 0.278. The smallest absolute Gasteiger partial charge is 0.257 e. The minimum atomic E-state index is -0.158. The van der Waals surface area contributed by atoms with Gasteiger partial charge in [0.25, 0.3) is 5.91 Å². The molecule has 3 aromatic rings. The van der Waals surface area contributed by atoms with Crippen LogP contribution in [0.15, 0.2) is 42.9 Å². The van der Waals surface area contributed by atoms with Gasteiger partial charge in [-0.15, -0.1) is 0 Å². The van der Waals surface area contributed by atoms with Gasteiger partial charge in [0.05, 0.1) is 23.6 Å². The minimum Gasteiger partial charge on any atom is -0.350 e. The summed E-state index contributed by atoms with van der Waals surface area (Å²) in [5.74, 6) is 0.592. The minimum absolute atomic E-state index is 0.113. The topological polar surface area (TPSA) is 59.8 Å². The van der Waals surface area contributed by atoms with Crippen molar-refractivity contribution in [3.8, 4) is 0 Å². The highest BCUT2D eigenvalue weighted by molar-refractivity contribution is 6.12. The maximum Gasteiger partial charge on any atom is 0.257 e. The summed E-state index contributed by atoms with van der Waals surface area (Å²) in [7, 11) is 1.93. The second-order valence-corrected chi connectivity index (χ2v) is 6.67. The highest BCUT2D eigenvalue weighted by Crippen LogP contribution is 2.22. The average Bonchev–Trinajstić information content (AvgIpc) is 2.85. The molecule has 5 nitrogen and oxygen atoms in total. The van der Waals surface area contributed by atoms with E-state index in [0.29, 0.717) is 11.3 Å². The van der Waals surface area contributed by atoms with Crippen LogP contribution in [0.3, 0.4) is 0 Å². The molecule has 0 spiro atoms. The van der Waals surface area contributed by atoms with E-state index in [2.05, 4.69) is 36.1 Å². The standard InChI is InChI=1S/C18H20N4O/c1-18(2,3)17-19-9-12(10-20-17)21-16(23)14-11-22(4)15-8-6-5-7-13(14)15/h5-11H,1-4H3,(H,21,23). The molecular formula is C18H20N4O. The predicted molar refractivity (Wildman–Crippen MR) is 91.6 cm³/mol. The quantitative estimate of drug-likeness (QED) is 0.788. The molecule has 0 saturated carbocycles. The van der Waals surface area contributed by atoms with Gasteiger partial charge in [0.15, 0.2) is 0 Å². The Morgan fingerprint density at radius 2 is 1.78 bits per heavy atom. The molecule has 2 heterocycles. The van der Waals surface area contributed by atoms with Crippen molar-refractivity contribution in [3.63, 3.8) is 0 Å². The summed E-state index contributed by atoms with van der Waals surface area (Å²) >= 11 is 0. The highest BCUT2D eigenvalue weighted by Gasteiger charge is 2.18. The van der Waals surface area contributed by atoms with Crippen LogP contribution in [-0.4, -0.2) is 20.4 Å². The number of anilines is 1.